The number of benzene rings is 1. The highest BCUT2D eigenvalue weighted by Crippen LogP contribution is 2.31. The molecule has 0 unspecified atom stereocenters. The molecule has 0 nitrogen and oxygen atoms in total. The second-order valence-electron chi connectivity index (χ2n) is 2.97. The van der Waals surface area contributed by atoms with Gasteiger partial charge >= 0.3 is 6.18 Å². The summed E-state index contributed by atoms with van der Waals surface area (Å²) in [6.45, 7) is 0. The molecule has 0 bridgehead atoms. The Labute approximate surface area is 102 Å². The van der Waals surface area contributed by atoms with Crippen molar-refractivity contribution in [1.29, 1.82) is 0 Å². The minimum Gasteiger partial charge on any atom is -0.178 e. The zero-order chi connectivity index (χ0) is 12.2. The SMILES string of the molecule is FC(F)(F)c1ccc(C#CCCS)c(Cl)c1. The predicted molar refractivity (Wildman–Crippen MR) is 61.8 cm³/mol. The first-order valence-corrected chi connectivity index (χ1v) is 5.42. The molecule has 0 spiro atoms. The number of thiol groups is 1. The Morgan fingerprint density at radius 3 is 2.50 bits per heavy atom. The van der Waals surface area contributed by atoms with E-state index in [1.807, 2.05) is 0 Å². The standard InChI is InChI=1S/C11H8ClF3S/c12-10-7-9(11(13,14)15)5-4-8(10)3-1-2-6-16/h4-5,7,16H,2,6H2. The van der Waals surface area contributed by atoms with E-state index in [1.54, 1.807) is 0 Å². The van der Waals surface area contributed by atoms with Crippen LogP contribution in [0, 0.1) is 11.8 Å². The van der Waals surface area contributed by atoms with Crippen LogP contribution in [0.5, 0.6) is 0 Å². The third-order valence-corrected chi connectivity index (χ3v) is 2.29. The number of hydrogen-bond acceptors (Lipinski definition) is 1. The molecule has 0 atom stereocenters. The van der Waals surface area contributed by atoms with Gasteiger partial charge in [0, 0.05) is 17.7 Å². The van der Waals surface area contributed by atoms with Crippen LogP contribution in [0.15, 0.2) is 18.2 Å². The lowest BCUT2D eigenvalue weighted by Gasteiger charge is -2.07. The van der Waals surface area contributed by atoms with Crippen molar-refractivity contribution in [3.05, 3.63) is 34.3 Å². The summed E-state index contributed by atoms with van der Waals surface area (Å²) >= 11 is 9.66. The second kappa shape index (κ2) is 5.51. The molecule has 0 N–H and O–H groups in total. The first-order chi connectivity index (χ1) is 7.45. The fraction of sp³-hybridized carbons (Fsp3) is 0.273. The highest BCUT2D eigenvalue weighted by Gasteiger charge is 2.30. The summed E-state index contributed by atoms with van der Waals surface area (Å²) in [5.41, 5.74) is -0.367. The van der Waals surface area contributed by atoms with Gasteiger partial charge in [-0.15, -0.1) is 0 Å². The lowest BCUT2D eigenvalue weighted by atomic mass is 10.1. The van der Waals surface area contributed by atoms with Gasteiger partial charge in [0.15, 0.2) is 0 Å². The molecule has 1 rings (SSSR count). The third kappa shape index (κ3) is 3.66. The molecule has 0 radical (unpaired) electrons. The largest absolute Gasteiger partial charge is 0.416 e. The lowest BCUT2D eigenvalue weighted by molar-refractivity contribution is -0.137. The first kappa shape index (κ1) is 13.3. The Bertz CT molecular complexity index is 429. The average Bonchev–Trinajstić information content (AvgIpc) is 2.19. The Balaban J connectivity index is 2.98. The topological polar surface area (TPSA) is 0 Å². The number of alkyl halides is 3. The van der Waals surface area contributed by atoms with Gasteiger partial charge in [0.1, 0.15) is 0 Å². The monoisotopic (exact) mass is 264 g/mol. The third-order valence-electron chi connectivity index (χ3n) is 1.76. The van der Waals surface area contributed by atoms with Crippen molar-refractivity contribution in [3.8, 4) is 11.8 Å². The molecule has 0 aliphatic rings. The van der Waals surface area contributed by atoms with Gasteiger partial charge in [-0.1, -0.05) is 23.4 Å². The molecule has 0 aromatic heterocycles. The predicted octanol–water partition coefficient (Wildman–Crippen LogP) is 4.03. The maximum absolute atomic E-state index is 12.3. The van der Waals surface area contributed by atoms with Crippen molar-refractivity contribution in [2.24, 2.45) is 0 Å². The van der Waals surface area contributed by atoms with E-state index in [4.69, 9.17) is 11.6 Å². The molecule has 0 saturated heterocycles. The minimum absolute atomic E-state index is 0.0153. The summed E-state index contributed by atoms with van der Waals surface area (Å²) in [5.74, 6) is 6.06. The van der Waals surface area contributed by atoms with Crippen molar-refractivity contribution in [1.82, 2.24) is 0 Å². The smallest absolute Gasteiger partial charge is 0.178 e. The Morgan fingerprint density at radius 2 is 2.00 bits per heavy atom. The van der Waals surface area contributed by atoms with Gasteiger partial charge in [-0.25, -0.2) is 0 Å². The minimum atomic E-state index is -4.37. The van der Waals surface area contributed by atoms with E-state index in [-0.39, 0.29) is 5.02 Å². The van der Waals surface area contributed by atoms with Crippen molar-refractivity contribution in [2.45, 2.75) is 12.6 Å². The van der Waals surface area contributed by atoms with Crippen LogP contribution in [0.4, 0.5) is 13.2 Å². The number of halogens is 4. The van der Waals surface area contributed by atoms with E-state index < -0.39 is 11.7 Å². The number of rotatable bonds is 1. The molecule has 0 fully saturated rings. The van der Waals surface area contributed by atoms with Crippen molar-refractivity contribution in [2.75, 3.05) is 5.75 Å². The van der Waals surface area contributed by atoms with Gasteiger partial charge in [-0.3, -0.25) is 0 Å². The maximum Gasteiger partial charge on any atom is 0.416 e. The summed E-state index contributed by atoms with van der Waals surface area (Å²) in [5, 5.41) is 0.0153. The van der Waals surface area contributed by atoms with Crippen LogP contribution in [-0.4, -0.2) is 5.75 Å². The summed E-state index contributed by atoms with van der Waals surface area (Å²) in [4.78, 5) is 0. The highest BCUT2D eigenvalue weighted by molar-refractivity contribution is 7.80. The summed E-state index contributed by atoms with van der Waals surface area (Å²) in [6, 6.07) is 3.12. The zero-order valence-electron chi connectivity index (χ0n) is 8.11. The average molecular weight is 265 g/mol. The normalized spacial score (nSPS) is 10.8. The highest BCUT2D eigenvalue weighted by atomic mass is 35.5. The Morgan fingerprint density at radius 1 is 1.31 bits per heavy atom. The lowest BCUT2D eigenvalue weighted by Crippen LogP contribution is -2.04. The second-order valence-corrected chi connectivity index (χ2v) is 3.82. The van der Waals surface area contributed by atoms with Gasteiger partial charge in [-0.2, -0.15) is 25.8 Å². The summed E-state index contributed by atoms with van der Waals surface area (Å²) in [6.07, 6.45) is -3.80. The fourth-order valence-corrected chi connectivity index (χ4v) is 1.35. The summed E-state index contributed by atoms with van der Waals surface area (Å²) < 4.78 is 36.9. The molecule has 0 heterocycles. The van der Waals surface area contributed by atoms with Crippen LogP contribution >= 0.6 is 24.2 Å². The Hall–Kier alpha value is -0.790. The molecule has 0 saturated carbocycles. The van der Waals surface area contributed by atoms with Crippen molar-refractivity contribution < 1.29 is 13.2 Å². The Kier molecular flexibility index (Phi) is 4.57. The van der Waals surface area contributed by atoms with E-state index in [2.05, 4.69) is 24.5 Å². The molecule has 0 amide bonds. The molecule has 0 aliphatic heterocycles. The molecule has 1 aromatic carbocycles. The van der Waals surface area contributed by atoms with Crippen LogP contribution in [0.2, 0.25) is 5.02 Å². The van der Waals surface area contributed by atoms with E-state index in [0.717, 1.165) is 12.1 Å². The van der Waals surface area contributed by atoms with E-state index in [9.17, 15) is 13.2 Å². The first-order valence-electron chi connectivity index (χ1n) is 4.41. The maximum atomic E-state index is 12.3. The molecule has 1 aromatic rings. The van der Waals surface area contributed by atoms with E-state index >= 15 is 0 Å². The van der Waals surface area contributed by atoms with Crippen LogP contribution < -0.4 is 0 Å². The van der Waals surface area contributed by atoms with Gasteiger partial charge in [0.2, 0.25) is 0 Å². The van der Waals surface area contributed by atoms with Crippen molar-refractivity contribution in [3.63, 3.8) is 0 Å². The molecular weight excluding hydrogens is 257 g/mol. The van der Waals surface area contributed by atoms with Crippen LogP contribution in [-0.2, 0) is 6.18 Å². The van der Waals surface area contributed by atoms with E-state index in [0.29, 0.717) is 17.7 Å². The number of hydrogen-bond donors (Lipinski definition) is 1. The molecule has 5 heteroatoms. The van der Waals surface area contributed by atoms with Gasteiger partial charge in [0.25, 0.3) is 0 Å². The fourth-order valence-electron chi connectivity index (χ4n) is 1.01. The van der Waals surface area contributed by atoms with E-state index in [1.165, 1.54) is 6.07 Å². The van der Waals surface area contributed by atoms with Gasteiger partial charge in [0.05, 0.1) is 10.6 Å². The van der Waals surface area contributed by atoms with Gasteiger partial charge in [-0.05, 0) is 18.2 Å². The molecule has 16 heavy (non-hydrogen) atoms. The quantitative estimate of drug-likeness (QED) is 0.575. The molecular formula is C11H8ClF3S. The van der Waals surface area contributed by atoms with Crippen LogP contribution in [0.3, 0.4) is 0 Å². The molecule has 86 valence electrons. The van der Waals surface area contributed by atoms with Crippen molar-refractivity contribution >= 4 is 24.2 Å². The summed E-state index contributed by atoms with van der Waals surface area (Å²) in [7, 11) is 0. The van der Waals surface area contributed by atoms with Gasteiger partial charge < -0.3 is 0 Å². The zero-order valence-corrected chi connectivity index (χ0v) is 9.76. The van der Waals surface area contributed by atoms with Crippen LogP contribution in [0.1, 0.15) is 17.5 Å². The molecule has 0 aliphatic carbocycles. The van der Waals surface area contributed by atoms with Crippen LogP contribution in [0.25, 0.3) is 0 Å².